The van der Waals surface area contributed by atoms with Gasteiger partial charge in [0.25, 0.3) is 0 Å². The lowest BCUT2D eigenvalue weighted by molar-refractivity contribution is 0.773. The minimum atomic E-state index is 0.974. The van der Waals surface area contributed by atoms with Gasteiger partial charge in [-0.3, -0.25) is 9.13 Å². The summed E-state index contributed by atoms with van der Waals surface area (Å²) in [5, 5.41) is 4.97. The standard InChI is InChI=1S/C36H34N4/c1-3-5-13-25-15-11-21-33(37-25)39-31-20-10-8-18-29(31)35-32(39)24-23-28-27-17-7-9-19-30(27)40(36(28)35)34-22-12-16-26(38-34)14-6-4-2/h7-12,15-24H,3-6,13-14H2,1-2H3. The van der Waals surface area contributed by atoms with E-state index in [2.05, 4.69) is 120 Å². The van der Waals surface area contributed by atoms with Crippen LogP contribution in [0.25, 0.3) is 55.2 Å². The van der Waals surface area contributed by atoms with Crippen LogP contribution in [0.3, 0.4) is 0 Å². The van der Waals surface area contributed by atoms with E-state index in [-0.39, 0.29) is 0 Å². The fraction of sp³-hybridized carbons (Fsp3) is 0.222. The molecule has 0 aliphatic heterocycles. The first-order valence-corrected chi connectivity index (χ1v) is 14.7. The molecule has 198 valence electrons. The van der Waals surface area contributed by atoms with Crippen molar-refractivity contribution >= 4 is 43.6 Å². The van der Waals surface area contributed by atoms with Gasteiger partial charge in [-0.05, 0) is 68.1 Å². The first-order valence-electron chi connectivity index (χ1n) is 14.7. The van der Waals surface area contributed by atoms with E-state index in [1.54, 1.807) is 0 Å². The van der Waals surface area contributed by atoms with E-state index >= 15 is 0 Å². The number of hydrogen-bond acceptors (Lipinski definition) is 2. The molecule has 0 unspecified atom stereocenters. The van der Waals surface area contributed by atoms with Crippen molar-refractivity contribution in [3.05, 3.63) is 108 Å². The molecule has 0 fully saturated rings. The van der Waals surface area contributed by atoms with E-state index in [4.69, 9.17) is 9.97 Å². The minimum Gasteiger partial charge on any atom is -0.294 e. The molecular weight excluding hydrogens is 488 g/mol. The van der Waals surface area contributed by atoms with Crippen molar-refractivity contribution in [2.45, 2.75) is 52.4 Å². The van der Waals surface area contributed by atoms with Crippen LogP contribution >= 0.6 is 0 Å². The number of rotatable bonds is 8. The Balaban J connectivity index is 1.58. The van der Waals surface area contributed by atoms with Gasteiger partial charge in [0.1, 0.15) is 11.6 Å². The van der Waals surface area contributed by atoms with E-state index in [9.17, 15) is 0 Å². The molecule has 4 nitrogen and oxygen atoms in total. The van der Waals surface area contributed by atoms with Crippen LogP contribution in [-0.4, -0.2) is 19.1 Å². The molecule has 0 bridgehead atoms. The predicted octanol–water partition coefficient (Wildman–Crippen LogP) is 9.36. The Kier molecular flexibility index (Phi) is 6.31. The van der Waals surface area contributed by atoms with Gasteiger partial charge in [-0.2, -0.15) is 0 Å². The summed E-state index contributed by atoms with van der Waals surface area (Å²) in [6.07, 6.45) is 6.61. The number of para-hydroxylation sites is 2. The lowest BCUT2D eigenvalue weighted by atomic mass is 10.1. The van der Waals surface area contributed by atoms with Gasteiger partial charge in [0.05, 0.1) is 22.1 Å². The zero-order valence-electron chi connectivity index (χ0n) is 23.3. The largest absolute Gasteiger partial charge is 0.294 e. The molecule has 3 aromatic carbocycles. The first-order chi connectivity index (χ1) is 19.8. The summed E-state index contributed by atoms with van der Waals surface area (Å²) in [6.45, 7) is 4.47. The van der Waals surface area contributed by atoms with Crippen LogP contribution in [0.2, 0.25) is 0 Å². The van der Waals surface area contributed by atoms with Crippen LogP contribution in [0.4, 0.5) is 0 Å². The van der Waals surface area contributed by atoms with Crippen molar-refractivity contribution in [2.75, 3.05) is 0 Å². The third kappa shape index (κ3) is 3.98. The van der Waals surface area contributed by atoms with E-state index in [0.717, 1.165) is 61.5 Å². The SMILES string of the molecule is CCCCc1cccc(-n2c3ccccc3c3c2ccc2c4ccccc4n(-c4cccc(CCCC)n4)c23)n1. The van der Waals surface area contributed by atoms with Crippen LogP contribution in [-0.2, 0) is 12.8 Å². The second-order valence-electron chi connectivity index (χ2n) is 10.7. The van der Waals surface area contributed by atoms with Gasteiger partial charge in [0.2, 0.25) is 0 Å². The number of nitrogens with zero attached hydrogens (tertiary/aromatic N) is 4. The average molecular weight is 523 g/mol. The molecule has 0 aliphatic carbocycles. The predicted molar refractivity (Wildman–Crippen MR) is 168 cm³/mol. The van der Waals surface area contributed by atoms with E-state index in [0.29, 0.717) is 0 Å². The lowest BCUT2D eigenvalue weighted by Crippen LogP contribution is -2.01. The molecule has 0 amide bonds. The average Bonchev–Trinajstić information content (AvgIpc) is 3.52. The van der Waals surface area contributed by atoms with Crippen LogP contribution < -0.4 is 0 Å². The molecule has 7 rings (SSSR count). The highest BCUT2D eigenvalue weighted by Gasteiger charge is 2.21. The highest BCUT2D eigenvalue weighted by atomic mass is 15.1. The number of aryl methyl sites for hydroxylation is 2. The summed E-state index contributed by atoms with van der Waals surface area (Å²) >= 11 is 0. The maximum atomic E-state index is 5.19. The third-order valence-corrected chi connectivity index (χ3v) is 8.09. The molecule has 4 heterocycles. The summed E-state index contributed by atoms with van der Waals surface area (Å²) in [5.41, 5.74) is 7.02. The van der Waals surface area contributed by atoms with E-state index in [1.807, 2.05) is 0 Å². The fourth-order valence-electron chi connectivity index (χ4n) is 6.17. The van der Waals surface area contributed by atoms with Gasteiger partial charge >= 0.3 is 0 Å². The zero-order valence-corrected chi connectivity index (χ0v) is 23.3. The molecular formula is C36H34N4. The number of hydrogen-bond donors (Lipinski definition) is 0. The number of pyridine rings is 2. The molecule has 0 aliphatic rings. The van der Waals surface area contributed by atoms with Crippen molar-refractivity contribution in [2.24, 2.45) is 0 Å². The molecule has 40 heavy (non-hydrogen) atoms. The number of benzene rings is 3. The summed E-state index contributed by atoms with van der Waals surface area (Å²) < 4.78 is 4.72. The zero-order chi connectivity index (χ0) is 27.1. The van der Waals surface area contributed by atoms with Crippen molar-refractivity contribution in [1.82, 2.24) is 19.1 Å². The minimum absolute atomic E-state index is 0.974. The van der Waals surface area contributed by atoms with Gasteiger partial charge in [-0.15, -0.1) is 0 Å². The molecule has 0 saturated heterocycles. The lowest BCUT2D eigenvalue weighted by Gasteiger charge is -2.11. The molecule has 7 aromatic rings. The Hall–Kier alpha value is -4.44. The van der Waals surface area contributed by atoms with Crippen LogP contribution in [0.1, 0.15) is 50.9 Å². The third-order valence-electron chi connectivity index (χ3n) is 8.09. The Morgan fingerprint density at radius 2 is 1.07 bits per heavy atom. The van der Waals surface area contributed by atoms with Gasteiger partial charge in [-0.25, -0.2) is 9.97 Å². The van der Waals surface area contributed by atoms with E-state index in [1.165, 1.54) is 43.6 Å². The number of unbranched alkanes of at least 4 members (excludes halogenated alkanes) is 2. The molecule has 0 N–H and O–H groups in total. The molecule has 4 aromatic heterocycles. The number of aromatic nitrogens is 4. The van der Waals surface area contributed by atoms with Crippen LogP contribution in [0.15, 0.2) is 97.1 Å². The van der Waals surface area contributed by atoms with Gasteiger partial charge < -0.3 is 0 Å². The highest BCUT2D eigenvalue weighted by Crippen LogP contribution is 2.41. The summed E-state index contributed by atoms with van der Waals surface area (Å²) in [7, 11) is 0. The maximum absolute atomic E-state index is 5.19. The summed E-state index contributed by atoms with van der Waals surface area (Å²) in [5.74, 6) is 1.95. The Bertz CT molecular complexity index is 1990. The maximum Gasteiger partial charge on any atom is 0.137 e. The topological polar surface area (TPSA) is 35.6 Å². The first kappa shape index (κ1) is 24.6. The Morgan fingerprint density at radius 3 is 1.73 bits per heavy atom. The Labute approximate surface area is 234 Å². The molecule has 4 heteroatoms. The van der Waals surface area contributed by atoms with Crippen LogP contribution in [0.5, 0.6) is 0 Å². The fourth-order valence-corrected chi connectivity index (χ4v) is 6.17. The highest BCUT2D eigenvalue weighted by molar-refractivity contribution is 6.26. The van der Waals surface area contributed by atoms with Crippen molar-refractivity contribution in [3.8, 4) is 11.6 Å². The molecule has 0 radical (unpaired) electrons. The second kappa shape index (κ2) is 10.3. The quantitative estimate of drug-likeness (QED) is 0.199. The van der Waals surface area contributed by atoms with Crippen molar-refractivity contribution in [3.63, 3.8) is 0 Å². The molecule has 0 saturated carbocycles. The molecule has 0 spiro atoms. The number of fused-ring (bicyclic) bond motifs is 7. The molecule has 0 atom stereocenters. The Morgan fingerprint density at radius 1 is 0.500 bits per heavy atom. The van der Waals surface area contributed by atoms with Gasteiger partial charge in [0, 0.05) is 32.9 Å². The van der Waals surface area contributed by atoms with Gasteiger partial charge in [-0.1, -0.05) is 81.3 Å². The summed E-state index contributed by atoms with van der Waals surface area (Å²) in [4.78, 5) is 10.3. The van der Waals surface area contributed by atoms with Crippen molar-refractivity contribution in [1.29, 1.82) is 0 Å². The summed E-state index contributed by atoms with van der Waals surface area (Å²) in [6, 6.07) is 34.9. The van der Waals surface area contributed by atoms with Gasteiger partial charge in [0.15, 0.2) is 0 Å². The monoisotopic (exact) mass is 522 g/mol. The van der Waals surface area contributed by atoms with Crippen LogP contribution in [0, 0.1) is 0 Å². The van der Waals surface area contributed by atoms with Crippen molar-refractivity contribution < 1.29 is 0 Å². The van der Waals surface area contributed by atoms with E-state index < -0.39 is 0 Å². The normalized spacial score (nSPS) is 11.8. The second-order valence-corrected chi connectivity index (χ2v) is 10.7. The smallest absolute Gasteiger partial charge is 0.137 e.